The molecule has 1 unspecified atom stereocenters. The quantitative estimate of drug-likeness (QED) is 0.708. The van der Waals surface area contributed by atoms with Crippen molar-refractivity contribution in [1.82, 2.24) is 5.32 Å². The van der Waals surface area contributed by atoms with E-state index in [0.29, 0.717) is 11.3 Å². The lowest BCUT2D eigenvalue weighted by molar-refractivity contribution is 0.210. The molecule has 19 heavy (non-hydrogen) atoms. The molecule has 110 valence electrons. The number of nitrogens with one attached hydrogen (secondary N) is 1. The molecule has 0 aliphatic carbocycles. The fraction of sp³-hybridized carbons (Fsp3) is 0.750. The first-order valence-corrected chi connectivity index (χ1v) is 7.39. The third-order valence-electron chi connectivity index (χ3n) is 3.74. The molecule has 1 rings (SSSR count). The highest BCUT2D eigenvalue weighted by molar-refractivity contribution is 5.04. The molecule has 0 aliphatic rings. The minimum atomic E-state index is 0.359. The van der Waals surface area contributed by atoms with Crippen molar-refractivity contribution in [1.29, 1.82) is 0 Å². The van der Waals surface area contributed by atoms with Crippen molar-refractivity contribution in [3.8, 4) is 0 Å². The third-order valence-corrected chi connectivity index (χ3v) is 3.74. The van der Waals surface area contributed by atoms with Crippen molar-refractivity contribution in [2.75, 3.05) is 13.1 Å². The Kier molecular flexibility index (Phi) is 6.59. The standard InChI is InChI=1S/C16H30N2O/c1-13-7-8-15(19-13)12-18-11-5-6-14(9-10-17)16(2,3)4/h7-8,14,18H,5-6,9-12,17H2,1-4H3. The number of furan rings is 1. The van der Waals surface area contributed by atoms with E-state index < -0.39 is 0 Å². The monoisotopic (exact) mass is 266 g/mol. The maximum Gasteiger partial charge on any atom is 0.117 e. The summed E-state index contributed by atoms with van der Waals surface area (Å²) in [6.07, 6.45) is 3.56. The summed E-state index contributed by atoms with van der Waals surface area (Å²) < 4.78 is 5.52. The maximum atomic E-state index is 5.71. The van der Waals surface area contributed by atoms with E-state index in [4.69, 9.17) is 10.2 Å². The second-order valence-electron chi connectivity index (χ2n) is 6.47. The zero-order chi connectivity index (χ0) is 14.3. The molecule has 0 saturated heterocycles. The van der Waals surface area contributed by atoms with E-state index in [1.54, 1.807) is 0 Å². The highest BCUT2D eigenvalue weighted by Gasteiger charge is 2.22. The van der Waals surface area contributed by atoms with Gasteiger partial charge in [0, 0.05) is 0 Å². The summed E-state index contributed by atoms with van der Waals surface area (Å²) in [7, 11) is 0. The summed E-state index contributed by atoms with van der Waals surface area (Å²) in [4.78, 5) is 0. The molecule has 1 heterocycles. The Morgan fingerprint density at radius 3 is 2.53 bits per heavy atom. The van der Waals surface area contributed by atoms with E-state index >= 15 is 0 Å². The normalized spacial score (nSPS) is 13.7. The predicted molar refractivity (Wildman–Crippen MR) is 81.0 cm³/mol. The molecule has 0 saturated carbocycles. The molecule has 0 amide bonds. The van der Waals surface area contributed by atoms with E-state index in [9.17, 15) is 0 Å². The van der Waals surface area contributed by atoms with E-state index in [1.165, 1.54) is 12.8 Å². The molecule has 0 aliphatic heterocycles. The van der Waals surface area contributed by atoms with Crippen LogP contribution in [0.15, 0.2) is 16.5 Å². The minimum Gasteiger partial charge on any atom is -0.465 e. The van der Waals surface area contributed by atoms with Crippen LogP contribution in [-0.4, -0.2) is 13.1 Å². The van der Waals surface area contributed by atoms with Crippen LogP contribution in [0.25, 0.3) is 0 Å². The fourth-order valence-corrected chi connectivity index (χ4v) is 2.48. The number of hydrogen-bond donors (Lipinski definition) is 2. The summed E-state index contributed by atoms with van der Waals surface area (Å²) in [6.45, 7) is 11.6. The van der Waals surface area contributed by atoms with Gasteiger partial charge in [-0.3, -0.25) is 0 Å². The van der Waals surface area contributed by atoms with Crippen molar-refractivity contribution >= 4 is 0 Å². The molecule has 0 spiro atoms. The van der Waals surface area contributed by atoms with Crippen LogP contribution in [0.3, 0.4) is 0 Å². The van der Waals surface area contributed by atoms with Crippen LogP contribution in [0.2, 0.25) is 0 Å². The average Bonchev–Trinajstić information content (AvgIpc) is 2.72. The Morgan fingerprint density at radius 1 is 1.26 bits per heavy atom. The molecule has 0 bridgehead atoms. The SMILES string of the molecule is Cc1ccc(CNCCCC(CCN)C(C)(C)C)o1. The Bertz CT molecular complexity index is 352. The van der Waals surface area contributed by atoms with E-state index in [0.717, 1.165) is 37.6 Å². The van der Waals surface area contributed by atoms with E-state index in [-0.39, 0.29) is 0 Å². The zero-order valence-corrected chi connectivity index (χ0v) is 13.0. The Morgan fingerprint density at radius 2 is 2.00 bits per heavy atom. The summed E-state index contributed by atoms with van der Waals surface area (Å²) in [6, 6.07) is 4.04. The van der Waals surface area contributed by atoms with Gasteiger partial charge in [0.25, 0.3) is 0 Å². The van der Waals surface area contributed by atoms with Crippen LogP contribution >= 0.6 is 0 Å². The number of nitrogens with two attached hydrogens (primary N) is 1. The number of aryl methyl sites for hydroxylation is 1. The lowest BCUT2D eigenvalue weighted by Gasteiger charge is -2.30. The van der Waals surface area contributed by atoms with Crippen LogP contribution < -0.4 is 11.1 Å². The van der Waals surface area contributed by atoms with Crippen molar-refractivity contribution in [2.45, 2.75) is 53.5 Å². The highest BCUT2D eigenvalue weighted by atomic mass is 16.3. The molecular formula is C16H30N2O. The van der Waals surface area contributed by atoms with Crippen molar-refractivity contribution in [3.63, 3.8) is 0 Å². The van der Waals surface area contributed by atoms with Crippen molar-refractivity contribution in [2.24, 2.45) is 17.1 Å². The van der Waals surface area contributed by atoms with Crippen LogP contribution in [-0.2, 0) is 6.54 Å². The molecule has 3 N–H and O–H groups in total. The van der Waals surface area contributed by atoms with Gasteiger partial charge in [0.1, 0.15) is 11.5 Å². The van der Waals surface area contributed by atoms with Gasteiger partial charge in [0.2, 0.25) is 0 Å². The Labute approximate surface area is 117 Å². The molecule has 1 atom stereocenters. The largest absolute Gasteiger partial charge is 0.465 e. The molecule has 3 nitrogen and oxygen atoms in total. The first-order chi connectivity index (χ1) is 8.93. The maximum absolute atomic E-state index is 5.71. The predicted octanol–water partition coefficient (Wildman–Crippen LogP) is 3.47. The zero-order valence-electron chi connectivity index (χ0n) is 13.0. The highest BCUT2D eigenvalue weighted by Crippen LogP contribution is 2.31. The lowest BCUT2D eigenvalue weighted by atomic mass is 9.76. The third kappa shape index (κ3) is 6.26. The lowest BCUT2D eigenvalue weighted by Crippen LogP contribution is -2.25. The summed E-state index contributed by atoms with van der Waals surface area (Å²) in [5, 5.41) is 3.44. The van der Waals surface area contributed by atoms with Crippen LogP contribution in [0.4, 0.5) is 0 Å². The fourth-order valence-electron chi connectivity index (χ4n) is 2.48. The van der Waals surface area contributed by atoms with Crippen LogP contribution in [0.5, 0.6) is 0 Å². The van der Waals surface area contributed by atoms with Crippen molar-refractivity contribution < 1.29 is 4.42 Å². The van der Waals surface area contributed by atoms with E-state index in [1.807, 2.05) is 19.1 Å². The number of rotatable bonds is 8. The Hall–Kier alpha value is -0.800. The van der Waals surface area contributed by atoms with Gasteiger partial charge in [-0.05, 0) is 62.7 Å². The van der Waals surface area contributed by atoms with Gasteiger partial charge in [-0.2, -0.15) is 0 Å². The first-order valence-electron chi connectivity index (χ1n) is 7.39. The van der Waals surface area contributed by atoms with Crippen LogP contribution in [0.1, 0.15) is 51.6 Å². The van der Waals surface area contributed by atoms with Gasteiger partial charge < -0.3 is 15.5 Å². The minimum absolute atomic E-state index is 0.359. The van der Waals surface area contributed by atoms with Crippen LogP contribution in [0, 0.1) is 18.3 Å². The summed E-state index contributed by atoms with van der Waals surface area (Å²) in [5.74, 6) is 2.71. The molecule has 0 radical (unpaired) electrons. The van der Waals surface area contributed by atoms with E-state index in [2.05, 4.69) is 26.1 Å². The van der Waals surface area contributed by atoms with Gasteiger partial charge in [-0.15, -0.1) is 0 Å². The second kappa shape index (κ2) is 7.71. The van der Waals surface area contributed by atoms with Crippen molar-refractivity contribution in [3.05, 3.63) is 23.7 Å². The van der Waals surface area contributed by atoms with Gasteiger partial charge in [-0.1, -0.05) is 20.8 Å². The van der Waals surface area contributed by atoms with Gasteiger partial charge >= 0.3 is 0 Å². The summed E-state index contributed by atoms with van der Waals surface area (Å²) >= 11 is 0. The molecule has 3 heteroatoms. The van der Waals surface area contributed by atoms with Gasteiger partial charge in [-0.25, -0.2) is 0 Å². The molecule has 1 aromatic rings. The Balaban J connectivity index is 2.18. The molecular weight excluding hydrogens is 236 g/mol. The van der Waals surface area contributed by atoms with Gasteiger partial charge in [0.05, 0.1) is 6.54 Å². The number of hydrogen-bond acceptors (Lipinski definition) is 3. The first kappa shape index (κ1) is 16.3. The average molecular weight is 266 g/mol. The molecule has 0 aromatic carbocycles. The van der Waals surface area contributed by atoms with Gasteiger partial charge in [0.15, 0.2) is 0 Å². The molecule has 1 aromatic heterocycles. The molecule has 0 fully saturated rings. The topological polar surface area (TPSA) is 51.2 Å². The summed E-state index contributed by atoms with van der Waals surface area (Å²) in [5.41, 5.74) is 6.07. The smallest absolute Gasteiger partial charge is 0.117 e. The second-order valence-corrected chi connectivity index (χ2v) is 6.47.